The predicted molar refractivity (Wildman–Crippen MR) is 119 cm³/mol. The Balaban J connectivity index is 1.17. The van der Waals surface area contributed by atoms with E-state index in [1.54, 1.807) is 12.1 Å². The zero-order valence-corrected chi connectivity index (χ0v) is 19.6. The van der Waals surface area contributed by atoms with Gasteiger partial charge in [0.25, 0.3) is 5.88 Å². The van der Waals surface area contributed by atoms with Crippen LogP contribution in [-0.4, -0.2) is 74.9 Å². The van der Waals surface area contributed by atoms with Gasteiger partial charge in [-0.3, -0.25) is 4.79 Å². The molecule has 8 nitrogen and oxygen atoms in total. The average Bonchev–Trinajstić information content (AvgIpc) is 3.28. The van der Waals surface area contributed by atoms with Crippen molar-refractivity contribution in [1.29, 1.82) is 0 Å². The van der Waals surface area contributed by atoms with E-state index in [0.29, 0.717) is 43.3 Å². The second-order valence-corrected chi connectivity index (χ2v) is 9.02. The van der Waals surface area contributed by atoms with E-state index in [4.69, 9.17) is 23.5 Å². The molecule has 194 valence electrons. The molecule has 0 atom stereocenters. The van der Waals surface area contributed by atoms with Gasteiger partial charge in [0.2, 0.25) is 0 Å². The fourth-order valence-electron chi connectivity index (χ4n) is 4.40. The van der Waals surface area contributed by atoms with Crippen LogP contribution < -0.4 is 9.47 Å². The molecule has 4 rings (SSSR count). The molecule has 2 aromatic rings. The third-order valence-electron chi connectivity index (χ3n) is 6.40. The Labute approximate surface area is 201 Å². The van der Waals surface area contributed by atoms with Gasteiger partial charge in [0.1, 0.15) is 11.1 Å². The molecular weight excluding hydrogens is 469 g/mol. The van der Waals surface area contributed by atoms with Gasteiger partial charge in [-0.1, -0.05) is 6.07 Å². The minimum atomic E-state index is -4.44. The fraction of sp³-hybridized carbons (Fsp3) is 0.667. The summed E-state index contributed by atoms with van der Waals surface area (Å²) >= 11 is 0. The number of hydrogen-bond donors (Lipinski definition) is 0. The lowest BCUT2D eigenvalue weighted by Crippen LogP contribution is -2.36. The van der Waals surface area contributed by atoms with E-state index in [9.17, 15) is 18.0 Å². The van der Waals surface area contributed by atoms with Crippen molar-refractivity contribution in [3.05, 3.63) is 18.2 Å². The number of esters is 1. The zero-order chi connectivity index (χ0) is 24.7. The minimum Gasteiger partial charge on any atom is -0.483 e. The second-order valence-electron chi connectivity index (χ2n) is 9.02. The Kier molecular flexibility index (Phi) is 8.72. The van der Waals surface area contributed by atoms with Gasteiger partial charge in [-0.2, -0.15) is 13.2 Å². The minimum absolute atomic E-state index is 0.0309. The Bertz CT molecular complexity index is 952. The smallest absolute Gasteiger partial charge is 0.422 e. The molecule has 0 radical (unpaired) electrons. The van der Waals surface area contributed by atoms with Crippen molar-refractivity contribution in [3.63, 3.8) is 0 Å². The van der Waals surface area contributed by atoms with Crippen LogP contribution in [0.5, 0.6) is 11.6 Å². The number of nitrogens with zero attached hydrogens (tertiary/aromatic N) is 2. The number of carbonyl (C=O) groups excluding carboxylic acids is 1. The number of ether oxygens (including phenoxy) is 4. The molecule has 2 fully saturated rings. The Morgan fingerprint density at radius 2 is 1.89 bits per heavy atom. The van der Waals surface area contributed by atoms with Crippen molar-refractivity contribution in [2.75, 3.05) is 52.7 Å². The van der Waals surface area contributed by atoms with Crippen LogP contribution in [0.4, 0.5) is 13.2 Å². The lowest BCUT2D eigenvalue weighted by Gasteiger charge is -2.31. The summed E-state index contributed by atoms with van der Waals surface area (Å²) in [5, 5.41) is 4.19. The number of hydrogen-bond acceptors (Lipinski definition) is 8. The Morgan fingerprint density at radius 1 is 1.11 bits per heavy atom. The summed E-state index contributed by atoms with van der Waals surface area (Å²) in [4.78, 5) is 14.4. The van der Waals surface area contributed by atoms with Crippen LogP contribution in [0.1, 0.15) is 32.1 Å². The van der Waals surface area contributed by atoms with Gasteiger partial charge in [0, 0.05) is 19.8 Å². The van der Waals surface area contributed by atoms with Crippen LogP contribution in [0.2, 0.25) is 0 Å². The van der Waals surface area contributed by atoms with Crippen LogP contribution >= 0.6 is 0 Å². The van der Waals surface area contributed by atoms with E-state index in [1.165, 1.54) is 6.07 Å². The zero-order valence-electron chi connectivity index (χ0n) is 19.6. The summed E-state index contributed by atoms with van der Waals surface area (Å²) in [6, 6.07) is 4.59. The van der Waals surface area contributed by atoms with Crippen molar-refractivity contribution in [3.8, 4) is 11.6 Å². The third kappa shape index (κ3) is 7.47. The maximum atomic E-state index is 12.6. The highest BCUT2D eigenvalue weighted by molar-refractivity contribution is 5.88. The van der Waals surface area contributed by atoms with Crippen LogP contribution in [0.15, 0.2) is 22.7 Å². The molecule has 1 aromatic carbocycles. The van der Waals surface area contributed by atoms with Crippen LogP contribution in [0, 0.1) is 11.8 Å². The quantitative estimate of drug-likeness (QED) is 0.354. The molecule has 35 heavy (non-hydrogen) atoms. The SMILES string of the molecule is O=C(OCCCN1CCC(COc2noc3cccc(OCC(F)(F)F)c23)CC1)C1CCOCC1. The number of aromatic nitrogens is 1. The van der Waals surface area contributed by atoms with Crippen LogP contribution in [0.25, 0.3) is 11.0 Å². The molecule has 0 bridgehead atoms. The first-order valence-corrected chi connectivity index (χ1v) is 12.1. The molecule has 11 heteroatoms. The van der Waals surface area contributed by atoms with Crippen molar-refractivity contribution in [2.45, 2.75) is 38.3 Å². The number of rotatable bonds is 10. The van der Waals surface area contributed by atoms with E-state index < -0.39 is 12.8 Å². The van der Waals surface area contributed by atoms with Crippen molar-refractivity contribution < 1.29 is 41.4 Å². The molecule has 0 spiro atoms. The summed E-state index contributed by atoms with van der Waals surface area (Å²) in [6.45, 7) is 3.34. The number of fused-ring (bicyclic) bond motifs is 1. The summed E-state index contributed by atoms with van der Waals surface area (Å²) in [5.74, 6) is 0.327. The third-order valence-corrected chi connectivity index (χ3v) is 6.40. The largest absolute Gasteiger partial charge is 0.483 e. The topological polar surface area (TPSA) is 83.3 Å². The Morgan fingerprint density at radius 3 is 2.63 bits per heavy atom. The number of likely N-dealkylation sites (tertiary alicyclic amines) is 1. The average molecular weight is 501 g/mol. The predicted octanol–water partition coefficient (Wildman–Crippen LogP) is 4.22. The highest BCUT2D eigenvalue weighted by atomic mass is 19.4. The van der Waals surface area contributed by atoms with Gasteiger partial charge in [-0.25, -0.2) is 0 Å². The van der Waals surface area contributed by atoms with Gasteiger partial charge >= 0.3 is 12.1 Å². The number of halogens is 3. The van der Waals surface area contributed by atoms with Crippen LogP contribution in [-0.2, 0) is 14.3 Å². The van der Waals surface area contributed by atoms with Crippen molar-refractivity contribution in [2.24, 2.45) is 11.8 Å². The first-order valence-electron chi connectivity index (χ1n) is 12.1. The maximum absolute atomic E-state index is 12.6. The summed E-state index contributed by atoms with van der Waals surface area (Å²) in [5.41, 5.74) is 0.312. The number of carbonyl (C=O) groups is 1. The highest BCUT2D eigenvalue weighted by Crippen LogP contribution is 2.35. The lowest BCUT2D eigenvalue weighted by atomic mass is 9.98. The van der Waals surface area contributed by atoms with E-state index in [2.05, 4.69) is 10.1 Å². The highest BCUT2D eigenvalue weighted by Gasteiger charge is 2.30. The molecule has 0 aliphatic carbocycles. The maximum Gasteiger partial charge on any atom is 0.422 e. The van der Waals surface area contributed by atoms with E-state index in [0.717, 1.165) is 51.7 Å². The van der Waals surface area contributed by atoms with Gasteiger partial charge in [-0.05, 0) is 68.4 Å². The van der Waals surface area contributed by atoms with Crippen molar-refractivity contribution >= 4 is 16.9 Å². The number of benzene rings is 1. The van der Waals surface area contributed by atoms with Gasteiger partial charge < -0.3 is 28.4 Å². The summed E-state index contributed by atoms with van der Waals surface area (Å²) < 4.78 is 64.4. The van der Waals surface area contributed by atoms with Gasteiger partial charge in [0.05, 0.1) is 19.1 Å². The summed E-state index contributed by atoms with van der Waals surface area (Å²) in [6.07, 6.45) is -0.326. The van der Waals surface area contributed by atoms with E-state index >= 15 is 0 Å². The van der Waals surface area contributed by atoms with E-state index in [-0.39, 0.29) is 23.5 Å². The lowest BCUT2D eigenvalue weighted by molar-refractivity contribution is -0.153. The number of alkyl halides is 3. The number of piperidine rings is 1. The normalized spacial score (nSPS) is 18.6. The first kappa shape index (κ1) is 25.6. The summed E-state index contributed by atoms with van der Waals surface area (Å²) in [7, 11) is 0. The molecule has 2 aliphatic rings. The van der Waals surface area contributed by atoms with E-state index in [1.807, 2.05) is 0 Å². The van der Waals surface area contributed by atoms with Gasteiger partial charge in [-0.15, -0.1) is 0 Å². The molecular formula is C24H31F3N2O6. The Hall–Kier alpha value is -2.53. The molecule has 0 unspecified atom stereocenters. The molecule has 2 aliphatic heterocycles. The molecule has 0 saturated carbocycles. The molecule has 0 amide bonds. The first-order chi connectivity index (χ1) is 16.9. The molecule has 0 N–H and O–H groups in total. The monoisotopic (exact) mass is 500 g/mol. The second kappa shape index (κ2) is 11.9. The van der Waals surface area contributed by atoms with Gasteiger partial charge in [0.15, 0.2) is 12.2 Å². The van der Waals surface area contributed by atoms with Crippen molar-refractivity contribution in [1.82, 2.24) is 10.1 Å². The molecule has 1 aromatic heterocycles. The molecule has 3 heterocycles. The standard InChI is InChI=1S/C24H31F3N2O6/c25-24(26,27)16-34-19-3-1-4-20-21(19)22(28-35-20)33-15-17-5-10-29(11-6-17)9-2-12-32-23(30)18-7-13-31-14-8-18/h1,3-4,17-18H,2,5-16H2. The molecule has 2 saturated heterocycles. The fourth-order valence-corrected chi connectivity index (χ4v) is 4.40. The van der Waals surface area contributed by atoms with Crippen LogP contribution in [0.3, 0.4) is 0 Å².